The molecule has 5 heteroatoms. The van der Waals surface area contributed by atoms with Gasteiger partial charge in [-0.05, 0) is 25.0 Å². The summed E-state index contributed by atoms with van der Waals surface area (Å²) in [5, 5.41) is 3.42. The Morgan fingerprint density at radius 1 is 1.15 bits per heavy atom. The van der Waals surface area contributed by atoms with Crippen LogP contribution in [0.4, 0.5) is 5.82 Å². The Morgan fingerprint density at radius 2 is 1.85 bits per heavy atom. The first-order chi connectivity index (χ1) is 9.78. The molecule has 2 atom stereocenters. The Bertz CT molecular complexity index is 601. The molecule has 0 saturated heterocycles. The summed E-state index contributed by atoms with van der Waals surface area (Å²) in [7, 11) is 1.62. The lowest BCUT2D eigenvalue weighted by molar-refractivity contribution is 0.387. The standard InChI is InChI=1S/C15H20N4O/c1-20-15-14(17-11-7-3-2-6-10(11)16)18-12-8-4-5-9-13(12)19-15/h4-5,8-11H,2-3,6-7,16H2,1H3,(H,17,18)/t10-,11+/m1/s1. The van der Waals surface area contributed by atoms with Crippen molar-refractivity contribution in [1.82, 2.24) is 9.97 Å². The summed E-state index contributed by atoms with van der Waals surface area (Å²) in [4.78, 5) is 9.12. The minimum atomic E-state index is 0.168. The first-order valence-corrected chi connectivity index (χ1v) is 7.11. The fraction of sp³-hybridized carbons (Fsp3) is 0.467. The third-order valence-electron chi connectivity index (χ3n) is 3.87. The van der Waals surface area contributed by atoms with Gasteiger partial charge < -0.3 is 15.8 Å². The number of nitrogens with two attached hydrogens (primary N) is 1. The first-order valence-electron chi connectivity index (χ1n) is 7.11. The van der Waals surface area contributed by atoms with Crippen molar-refractivity contribution in [2.24, 2.45) is 5.73 Å². The van der Waals surface area contributed by atoms with Gasteiger partial charge in [-0.1, -0.05) is 25.0 Å². The van der Waals surface area contributed by atoms with Gasteiger partial charge in [0.15, 0.2) is 5.82 Å². The normalized spacial score (nSPS) is 22.7. The molecule has 1 aliphatic carbocycles. The number of hydrogen-bond acceptors (Lipinski definition) is 5. The number of para-hydroxylation sites is 2. The van der Waals surface area contributed by atoms with Gasteiger partial charge in [0.2, 0.25) is 0 Å². The molecule has 0 aliphatic heterocycles. The number of nitrogens with one attached hydrogen (secondary N) is 1. The molecular weight excluding hydrogens is 252 g/mol. The number of hydrogen-bond donors (Lipinski definition) is 2. The van der Waals surface area contributed by atoms with Gasteiger partial charge in [0, 0.05) is 12.1 Å². The maximum atomic E-state index is 6.18. The van der Waals surface area contributed by atoms with Crippen LogP contribution in [0.25, 0.3) is 11.0 Å². The highest BCUT2D eigenvalue weighted by Gasteiger charge is 2.23. The Labute approximate surface area is 118 Å². The number of ether oxygens (including phenoxy) is 1. The Balaban J connectivity index is 1.92. The summed E-state index contributed by atoms with van der Waals surface area (Å²) in [5.74, 6) is 1.22. The summed E-state index contributed by atoms with van der Waals surface area (Å²) < 4.78 is 5.35. The molecule has 1 fully saturated rings. The van der Waals surface area contributed by atoms with Crippen molar-refractivity contribution < 1.29 is 4.74 Å². The molecule has 1 aromatic heterocycles. The SMILES string of the molecule is COc1nc2ccccc2nc1N[C@H]1CCCC[C@H]1N. The molecule has 0 spiro atoms. The van der Waals surface area contributed by atoms with Crippen molar-refractivity contribution in [3.63, 3.8) is 0 Å². The zero-order chi connectivity index (χ0) is 13.9. The second-order valence-corrected chi connectivity index (χ2v) is 5.27. The van der Waals surface area contributed by atoms with E-state index in [1.54, 1.807) is 7.11 Å². The van der Waals surface area contributed by atoms with Crippen LogP contribution in [-0.2, 0) is 0 Å². The third kappa shape index (κ3) is 2.54. The van der Waals surface area contributed by atoms with Crippen LogP contribution in [0.2, 0.25) is 0 Å². The highest BCUT2D eigenvalue weighted by Crippen LogP contribution is 2.27. The summed E-state index contributed by atoms with van der Waals surface area (Å²) in [6.45, 7) is 0. The third-order valence-corrected chi connectivity index (χ3v) is 3.87. The number of fused-ring (bicyclic) bond motifs is 1. The fourth-order valence-electron chi connectivity index (χ4n) is 2.73. The summed E-state index contributed by atoms with van der Waals surface area (Å²) in [6.07, 6.45) is 4.54. The van der Waals surface area contributed by atoms with Gasteiger partial charge in [-0.15, -0.1) is 0 Å². The van der Waals surface area contributed by atoms with Crippen molar-refractivity contribution in [2.75, 3.05) is 12.4 Å². The van der Waals surface area contributed by atoms with Crippen LogP contribution in [0.3, 0.4) is 0 Å². The molecule has 1 aromatic carbocycles. The summed E-state index contributed by atoms with van der Waals surface area (Å²) in [5.41, 5.74) is 7.88. The molecule has 0 bridgehead atoms. The van der Waals surface area contributed by atoms with Crippen molar-refractivity contribution in [2.45, 2.75) is 37.8 Å². The minimum Gasteiger partial charge on any atom is -0.478 e. The number of nitrogens with zero attached hydrogens (tertiary/aromatic N) is 2. The van der Waals surface area contributed by atoms with Crippen LogP contribution < -0.4 is 15.8 Å². The molecule has 20 heavy (non-hydrogen) atoms. The van der Waals surface area contributed by atoms with E-state index in [0.717, 1.165) is 23.9 Å². The lowest BCUT2D eigenvalue weighted by Gasteiger charge is -2.30. The molecule has 3 N–H and O–H groups in total. The lowest BCUT2D eigenvalue weighted by atomic mass is 9.91. The molecule has 0 amide bonds. The molecule has 5 nitrogen and oxygen atoms in total. The van der Waals surface area contributed by atoms with E-state index < -0.39 is 0 Å². The molecule has 3 rings (SSSR count). The first kappa shape index (κ1) is 13.1. The average Bonchev–Trinajstić information content (AvgIpc) is 2.49. The summed E-state index contributed by atoms with van der Waals surface area (Å²) >= 11 is 0. The van der Waals surface area contributed by atoms with Crippen LogP contribution in [0.1, 0.15) is 25.7 Å². The van der Waals surface area contributed by atoms with Crippen LogP contribution in [0.15, 0.2) is 24.3 Å². The van der Waals surface area contributed by atoms with Gasteiger partial charge in [-0.25, -0.2) is 9.97 Å². The maximum Gasteiger partial charge on any atom is 0.257 e. The molecule has 106 valence electrons. The zero-order valence-corrected chi connectivity index (χ0v) is 11.7. The number of anilines is 1. The van der Waals surface area contributed by atoms with Crippen molar-refractivity contribution in [3.05, 3.63) is 24.3 Å². The zero-order valence-electron chi connectivity index (χ0n) is 11.7. The number of benzene rings is 1. The van der Waals surface area contributed by atoms with E-state index in [1.165, 1.54) is 12.8 Å². The highest BCUT2D eigenvalue weighted by molar-refractivity contribution is 5.77. The predicted octanol–water partition coefficient (Wildman–Crippen LogP) is 2.32. The van der Waals surface area contributed by atoms with E-state index in [1.807, 2.05) is 24.3 Å². The van der Waals surface area contributed by atoms with Gasteiger partial charge >= 0.3 is 0 Å². The van der Waals surface area contributed by atoms with Gasteiger partial charge in [-0.2, -0.15) is 0 Å². The number of aromatic nitrogens is 2. The fourth-order valence-corrected chi connectivity index (χ4v) is 2.73. The molecule has 0 radical (unpaired) electrons. The smallest absolute Gasteiger partial charge is 0.257 e. The van der Waals surface area contributed by atoms with E-state index in [4.69, 9.17) is 10.5 Å². The van der Waals surface area contributed by atoms with Crippen LogP contribution in [0, 0.1) is 0 Å². The molecule has 1 heterocycles. The topological polar surface area (TPSA) is 73.1 Å². The van der Waals surface area contributed by atoms with Gasteiger partial charge in [-0.3, -0.25) is 0 Å². The number of rotatable bonds is 3. The Hall–Kier alpha value is -1.88. The second kappa shape index (κ2) is 5.63. The average molecular weight is 272 g/mol. The lowest BCUT2D eigenvalue weighted by Crippen LogP contribution is -2.42. The van der Waals surface area contributed by atoms with E-state index >= 15 is 0 Å². The Morgan fingerprint density at radius 3 is 2.55 bits per heavy atom. The van der Waals surface area contributed by atoms with Gasteiger partial charge in [0.25, 0.3) is 5.88 Å². The molecule has 1 aliphatic rings. The largest absolute Gasteiger partial charge is 0.478 e. The van der Waals surface area contributed by atoms with E-state index in [9.17, 15) is 0 Å². The monoisotopic (exact) mass is 272 g/mol. The highest BCUT2D eigenvalue weighted by atomic mass is 16.5. The van der Waals surface area contributed by atoms with Crippen LogP contribution in [-0.4, -0.2) is 29.2 Å². The predicted molar refractivity (Wildman–Crippen MR) is 79.9 cm³/mol. The second-order valence-electron chi connectivity index (χ2n) is 5.27. The minimum absolute atomic E-state index is 0.168. The molecular formula is C15H20N4O. The van der Waals surface area contributed by atoms with Crippen molar-refractivity contribution in [3.8, 4) is 5.88 Å². The summed E-state index contributed by atoms with van der Waals surface area (Å²) in [6, 6.07) is 8.20. The van der Waals surface area contributed by atoms with E-state index in [2.05, 4.69) is 15.3 Å². The van der Waals surface area contributed by atoms with Crippen molar-refractivity contribution in [1.29, 1.82) is 0 Å². The quantitative estimate of drug-likeness (QED) is 0.897. The van der Waals surface area contributed by atoms with E-state index in [-0.39, 0.29) is 12.1 Å². The molecule has 2 aromatic rings. The van der Waals surface area contributed by atoms with Crippen LogP contribution >= 0.6 is 0 Å². The number of methoxy groups -OCH3 is 1. The maximum absolute atomic E-state index is 6.18. The van der Waals surface area contributed by atoms with Gasteiger partial charge in [0.05, 0.1) is 18.1 Å². The van der Waals surface area contributed by atoms with Crippen molar-refractivity contribution >= 4 is 16.9 Å². The van der Waals surface area contributed by atoms with Crippen LogP contribution in [0.5, 0.6) is 5.88 Å². The van der Waals surface area contributed by atoms with E-state index in [0.29, 0.717) is 11.7 Å². The molecule has 0 unspecified atom stereocenters. The molecule has 1 saturated carbocycles. The Kier molecular flexibility index (Phi) is 3.69. The van der Waals surface area contributed by atoms with Gasteiger partial charge in [0.1, 0.15) is 0 Å².